The molecule has 2 heterocycles. The lowest BCUT2D eigenvalue weighted by molar-refractivity contribution is -0.136. The van der Waals surface area contributed by atoms with Gasteiger partial charge in [0.1, 0.15) is 0 Å². The van der Waals surface area contributed by atoms with E-state index < -0.39 is 5.97 Å². The number of anilines is 1. The van der Waals surface area contributed by atoms with Gasteiger partial charge in [0.25, 0.3) is 0 Å². The van der Waals surface area contributed by atoms with Gasteiger partial charge in [-0.2, -0.15) is 0 Å². The van der Waals surface area contributed by atoms with E-state index in [9.17, 15) is 4.79 Å². The first-order chi connectivity index (χ1) is 8.15. The molecular formula is C13H18N2O2. The van der Waals surface area contributed by atoms with E-state index in [4.69, 9.17) is 5.11 Å². The van der Waals surface area contributed by atoms with Gasteiger partial charge in [0, 0.05) is 25.0 Å². The molecule has 0 amide bonds. The molecule has 0 atom stereocenters. The molecule has 1 aromatic rings. The van der Waals surface area contributed by atoms with Crippen molar-refractivity contribution < 1.29 is 9.90 Å². The van der Waals surface area contributed by atoms with Gasteiger partial charge in [0.15, 0.2) is 0 Å². The van der Waals surface area contributed by atoms with Crippen LogP contribution in [-0.4, -0.2) is 29.1 Å². The van der Waals surface area contributed by atoms with Gasteiger partial charge < -0.3 is 10.0 Å². The second-order valence-corrected chi connectivity index (χ2v) is 4.75. The second kappa shape index (κ2) is 5.17. The zero-order chi connectivity index (χ0) is 12.3. The molecule has 1 saturated heterocycles. The molecule has 0 aromatic carbocycles. The molecule has 4 nitrogen and oxygen atoms in total. The molecule has 92 valence electrons. The number of carboxylic acid groups (broad SMARTS) is 1. The summed E-state index contributed by atoms with van der Waals surface area (Å²) in [5.74, 6) is -0.0338. The minimum atomic E-state index is -0.832. The van der Waals surface area contributed by atoms with Gasteiger partial charge in [-0.3, -0.25) is 9.78 Å². The smallest absolute Gasteiger partial charge is 0.309 e. The highest BCUT2D eigenvalue weighted by molar-refractivity contribution is 5.70. The predicted molar refractivity (Wildman–Crippen MR) is 66.2 cm³/mol. The maximum absolute atomic E-state index is 10.6. The molecule has 1 aromatic heterocycles. The summed E-state index contributed by atoms with van der Waals surface area (Å²) in [5.41, 5.74) is 1.73. The van der Waals surface area contributed by atoms with Gasteiger partial charge in [0.2, 0.25) is 0 Å². The van der Waals surface area contributed by atoms with Gasteiger partial charge >= 0.3 is 5.97 Å². The van der Waals surface area contributed by atoms with E-state index >= 15 is 0 Å². The number of hydrogen-bond acceptors (Lipinski definition) is 3. The third-order valence-corrected chi connectivity index (χ3v) is 3.28. The van der Waals surface area contributed by atoms with Crippen LogP contribution in [-0.2, 0) is 11.2 Å². The molecule has 0 spiro atoms. The van der Waals surface area contributed by atoms with Crippen molar-refractivity contribution in [1.82, 2.24) is 4.98 Å². The summed E-state index contributed by atoms with van der Waals surface area (Å²) in [6.45, 7) is 4.38. The molecule has 0 unspecified atom stereocenters. The van der Waals surface area contributed by atoms with Gasteiger partial charge in [-0.25, -0.2) is 0 Å². The lowest BCUT2D eigenvalue weighted by Gasteiger charge is -2.32. The van der Waals surface area contributed by atoms with Gasteiger partial charge in [-0.15, -0.1) is 0 Å². The fourth-order valence-electron chi connectivity index (χ4n) is 2.18. The van der Waals surface area contributed by atoms with Gasteiger partial charge in [-0.05, 0) is 30.9 Å². The summed E-state index contributed by atoms with van der Waals surface area (Å²) in [6.07, 6.45) is 4.11. The molecule has 0 saturated carbocycles. The minimum absolute atomic E-state index is 0.00190. The van der Waals surface area contributed by atoms with Crippen LogP contribution in [0.4, 0.5) is 5.69 Å². The van der Waals surface area contributed by atoms with Crippen molar-refractivity contribution in [1.29, 1.82) is 0 Å². The van der Waals surface area contributed by atoms with E-state index in [2.05, 4.69) is 16.8 Å². The summed E-state index contributed by atoms with van der Waals surface area (Å²) in [4.78, 5) is 17.0. The monoisotopic (exact) mass is 234 g/mol. The molecule has 1 aliphatic rings. The van der Waals surface area contributed by atoms with Crippen LogP contribution in [0, 0.1) is 5.92 Å². The largest absolute Gasteiger partial charge is 0.481 e. The van der Waals surface area contributed by atoms with Crippen LogP contribution in [0.25, 0.3) is 0 Å². The van der Waals surface area contributed by atoms with E-state index in [1.165, 1.54) is 12.8 Å². The maximum atomic E-state index is 10.6. The summed E-state index contributed by atoms with van der Waals surface area (Å²) >= 11 is 0. The minimum Gasteiger partial charge on any atom is -0.481 e. The molecule has 0 radical (unpaired) electrons. The number of rotatable bonds is 3. The van der Waals surface area contributed by atoms with Crippen LogP contribution >= 0.6 is 0 Å². The summed E-state index contributed by atoms with van der Waals surface area (Å²) in [6, 6.07) is 3.85. The molecule has 0 aliphatic carbocycles. The van der Waals surface area contributed by atoms with Crippen molar-refractivity contribution >= 4 is 11.7 Å². The van der Waals surface area contributed by atoms with Crippen LogP contribution in [0.5, 0.6) is 0 Å². The van der Waals surface area contributed by atoms with Crippen LogP contribution in [0.2, 0.25) is 0 Å². The summed E-state index contributed by atoms with van der Waals surface area (Å²) in [5, 5.41) is 8.75. The molecule has 17 heavy (non-hydrogen) atoms. The Kier molecular flexibility index (Phi) is 3.61. The average molecular weight is 234 g/mol. The Hall–Kier alpha value is -1.58. The Balaban J connectivity index is 2.07. The number of nitrogens with zero attached hydrogens (tertiary/aromatic N) is 2. The normalized spacial score (nSPS) is 17.1. The average Bonchev–Trinajstić information content (AvgIpc) is 2.29. The first-order valence-corrected chi connectivity index (χ1v) is 6.07. The fourth-order valence-corrected chi connectivity index (χ4v) is 2.18. The second-order valence-electron chi connectivity index (χ2n) is 4.75. The molecular weight excluding hydrogens is 216 g/mol. The van der Waals surface area contributed by atoms with Gasteiger partial charge in [0.05, 0.1) is 12.1 Å². The number of piperidine rings is 1. The number of aliphatic carboxylic acids is 1. The fraction of sp³-hybridized carbons (Fsp3) is 0.538. The molecule has 1 aliphatic heterocycles. The maximum Gasteiger partial charge on any atom is 0.309 e. The first-order valence-electron chi connectivity index (χ1n) is 6.07. The number of hydrogen-bond donors (Lipinski definition) is 1. The van der Waals surface area contributed by atoms with Crippen molar-refractivity contribution in [3.63, 3.8) is 0 Å². The quantitative estimate of drug-likeness (QED) is 0.868. The van der Waals surface area contributed by atoms with Crippen molar-refractivity contribution in [2.24, 2.45) is 5.92 Å². The van der Waals surface area contributed by atoms with E-state index in [1.54, 1.807) is 6.20 Å². The van der Waals surface area contributed by atoms with Crippen LogP contribution < -0.4 is 4.90 Å². The van der Waals surface area contributed by atoms with Crippen LogP contribution in [0.3, 0.4) is 0 Å². The summed E-state index contributed by atoms with van der Waals surface area (Å²) in [7, 11) is 0. The van der Waals surface area contributed by atoms with Crippen molar-refractivity contribution in [3.8, 4) is 0 Å². The third kappa shape index (κ3) is 3.19. The molecule has 2 rings (SSSR count). The highest BCUT2D eigenvalue weighted by Gasteiger charge is 2.16. The Morgan fingerprint density at radius 1 is 1.53 bits per heavy atom. The molecule has 1 fully saturated rings. The van der Waals surface area contributed by atoms with Crippen molar-refractivity contribution in [3.05, 3.63) is 24.0 Å². The van der Waals surface area contributed by atoms with Crippen molar-refractivity contribution in [2.75, 3.05) is 18.0 Å². The molecule has 1 N–H and O–H groups in total. The Bertz CT molecular complexity index is 398. The van der Waals surface area contributed by atoms with Gasteiger partial charge in [-0.1, -0.05) is 6.92 Å². The Morgan fingerprint density at radius 2 is 2.24 bits per heavy atom. The van der Waals surface area contributed by atoms with E-state index in [0.29, 0.717) is 5.69 Å². The lowest BCUT2D eigenvalue weighted by Crippen LogP contribution is -2.32. The zero-order valence-electron chi connectivity index (χ0n) is 10.1. The predicted octanol–water partition coefficient (Wildman–Crippen LogP) is 1.95. The number of carbonyl (C=O) groups is 1. The third-order valence-electron chi connectivity index (χ3n) is 3.28. The molecule has 4 heteroatoms. The first kappa shape index (κ1) is 11.9. The number of pyridine rings is 1. The Labute approximate surface area is 101 Å². The number of aromatic nitrogens is 1. The summed E-state index contributed by atoms with van der Waals surface area (Å²) < 4.78 is 0. The number of carboxylic acids is 1. The highest BCUT2D eigenvalue weighted by Crippen LogP contribution is 2.22. The topological polar surface area (TPSA) is 53.4 Å². The standard InChI is InChI=1S/C13H18N2O2/c1-10-3-6-15(7-4-10)12-2-5-14-11(8-12)9-13(16)17/h2,5,8,10H,3-4,6-7,9H2,1H3,(H,16,17). The van der Waals surface area contributed by atoms with E-state index in [-0.39, 0.29) is 6.42 Å². The SMILES string of the molecule is CC1CCN(c2ccnc(CC(=O)O)c2)CC1. The van der Waals surface area contributed by atoms with Crippen LogP contribution in [0.1, 0.15) is 25.5 Å². The van der Waals surface area contributed by atoms with Crippen LogP contribution in [0.15, 0.2) is 18.3 Å². The zero-order valence-corrected chi connectivity index (χ0v) is 10.1. The highest BCUT2D eigenvalue weighted by atomic mass is 16.4. The lowest BCUT2D eigenvalue weighted by atomic mass is 9.99. The molecule has 0 bridgehead atoms. The van der Waals surface area contributed by atoms with E-state index in [1.807, 2.05) is 12.1 Å². The van der Waals surface area contributed by atoms with E-state index in [0.717, 1.165) is 24.7 Å². The Morgan fingerprint density at radius 3 is 2.88 bits per heavy atom. The van der Waals surface area contributed by atoms with Crippen molar-refractivity contribution in [2.45, 2.75) is 26.2 Å².